The topological polar surface area (TPSA) is 51.0 Å². The Hall–Kier alpha value is -1.75. The third kappa shape index (κ3) is 2.41. The molecule has 0 spiro atoms. The molecule has 96 valence electrons. The number of nitrogens with zero attached hydrogens (tertiary/aromatic N) is 2. The van der Waals surface area contributed by atoms with Gasteiger partial charge in [-0.05, 0) is 44.2 Å². The van der Waals surface area contributed by atoms with Crippen molar-refractivity contribution in [3.05, 3.63) is 35.5 Å². The highest BCUT2D eigenvalue weighted by atomic mass is 19.1. The minimum atomic E-state index is -0.232. The number of aromatic nitrogens is 2. The molecule has 1 atom stereocenters. The maximum atomic E-state index is 13.2. The molecular weight excluding hydrogens is 233 g/mol. The van der Waals surface area contributed by atoms with E-state index in [4.69, 9.17) is 4.52 Å². The molecule has 0 saturated heterocycles. The second-order valence-electron chi connectivity index (χ2n) is 4.17. The number of hydrogen-bond donors (Lipinski definition) is 1. The summed E-state index contributed by atoms with van der Waals surface area (Å²) in [7, 11) is 1.85. The summed E-state index contributed by atoms with van der Waals surface area (Å²) >= 11 is 0. The van der Waals surface area contributed by atoms with Crippen molar-refractivity contribution in [2.75, 3.05) is 7.05 Å². The van der Waals surface area contributed by atoms with Crippen LogP contribution in [0.15, 0.2) is 22.7 Å². The molecule has 0 radical (unpaired) electrons. The first kappa shape index (κ1) is 12.7. The van der Waals surface area contributed by atoms with Crippen LogP contribution in [0.25, 0.3) is 11.4 Å². The van der Waals surface area contributed by atoms with Gasteiger partial charge in [0.25, 0.3) is 0 Å². The van der Waals surface area contributed by atoms with Gasteiger partial charge in [0.1, 0.15) is 5.82 Å². The van der Waals surface area contributed by atoms with Crippen molar-refractivity contribution in [3.8, 4) is 11.4 Å². The highest BCUT2D eigenvalue weighted by Crippen LogP contribution is 2.21. The summed E-state index contributed by atoms with van der Waals surface area (Å²) in [5.74, 6) is 0.808. The number of aryl methyl sites for hydroxylation is 1. The van der Waals surface area contributed by atoms with E-state index in [0.29, 0.717) is 17.3 Å². The molecule has 5 heteroatoms. The number of hydrogen-bond acceptors (Lipinski definition) is 4. The van der Waals surface area contributed by atoms with Gasteiger partial charge >= 0.3 is 0 Å². The highest BCUT2D eigenvalue weighted by Gasteiger charge is 2.16. The predicted molar refractivity (Wildman–Crippen MR) is 66.5 cm³/mol. The largest absolute Gasteiger partial charge is 0.337 e. The standard InChI is InChI=1S/C13H16FN3O/c1-4-11(15-3)13-16-12(17-18-13)9-5-6-10(14)8(2)7-9/h5-7,11,15H,4H2,1-3H3. The highest BCUT2D eigenvalue weighted by molar-refractivity contribution is 5.55. The van der Waals surface area contributed by atoms with E-state index in [-0.39, 0.29) is 11.9 Å². The smallest absolute Gasteiger partial charge is 0.244 e. The molecule has 0 aliphatic rings. The van der Waals surface area contributed by atoms with Crippen molar-refractivity contribution in [2.45, 2.75) is 26.3 Å². The van der Waals surface area contributed by atoms with Gasteiger partial charge in [-0.1, -0.05) is 12.1 Å². The van der Waals surface area contributed by atoms with E-state index in [0.717, 1.165) is 12.0 Å². The van der Waals surface area contributed by atoms with Crippen molar-refractivity contribution in [1.82, 2.24) is 15.5 Å². The summed E-state index contributed by atoms with van der Waals surface area (Å²) in [6.07, 6.45) is 0.862. The van der Waals surface area contributed by atoms with Crippen molar-refractivity contribution in [2.24, 2.45) is 0 Å². The Bertz CT molecular complexity index is 535. The molecule has 0 bridgehead atoms. The monoisotopic (exact) mass is 249 g/mol. The Balaban J connectivity index is 2.31. The molecule has 1 N–H and O–H groups in total. The minimum Gasteiger partial charge on any atom is -0.337 e. The van der Waals surface area contributed by atoms with Gasteiger partial charge in [0.2, 0.25) is 11.7 Å². The number of halogens is 1. The molecular formula is C13H16FN3O. The molecule has 2 rings (SSSR count). The van der Waals surface area contributed by atoms with E-state index in [9.17, 15) is 4.39 Å². The lowest BCUT2D eigenvalue weighted by Crippen LogP contribution is -2.15. The van der Waals surface area contributed by atoms with Crippen LogP contribution in [-0.2, 0) is 0 Å². The zero-order valence-corrected chi connectivity index (χ0v) is 10.7. The van der Waals surface area contributed by atoms with Crippen LogP contribution in [0.2, 0.25) is 0 Å². The van der Waals surface area contributed by atoms with Crippen LogP contribution in [0.4, 0.5) is 4.39 Å². The van der Waals surface area contributed by atoms with Gasteiger partial charge in [0, 0.05) is 5.56 Å². The van der Waals surface area contributed by atoms with Gasteiger partial charge in [-0.15, -0.1) is 0 Å². The average Bonchev–Trinajstić information content (AvgIpc) is 2.84. The van der Waals surface area contributed by atoms with E-state index < -0.39 is 0 Å². The lowest BCUT2D eigenvalue weighted by atomic mass is 10.1. The Morgan fingerprint density at radius 1 is 1.44 bits per heavy atom. The maximum Gasteiger partial charge on any atom is 0.244 e. The maximum absolute atomic E-state index is 13.2. The van der Waals surface area contributed by atoms with E-state index in [2.05, 4.69) is 15.5 Å². The molecule has 0 saturated carbocycles. The molecule has 18 heavy (non-hydrogen) atoms. The van der Waals surface area contributed by atoms with Crippen LogP contribution in [0.3, 0.4) is 0 Å². The molecule has 4 nitrogen and oxygen atoms in total. The van der Waals surface area contributed by atoms with Crippen LogP contribution in [0, 0.1) is 12.7 Å². The summed E-state index contributed by atoms with van der Waals surface area (Å²) < 4.78 is 18.4. The first-order valence-electron chi connectivity index (χ1n) is 5.93. The van der Waals surface area contributed by atoms with Crippen LogP contribution < -0.4 is 5.32 Å². The molecule has 1 heterocycles. The quantitative estimate of drug-likeness (QED) is 0.905. The molecule has 0 fully saturated rings. The summed E-state index contributed by atoms with van der Waals surface area (Å²) in [5.41, 5.74) is 1.33. The molecule has 1 aromatic heterocycles. The first-order valence-corrected chi connectivity index (χ1v) is 5.93. The third-order valence-corrected chi connectivity index (χ3v) is 2.91. The molecule has 0 aliphatic heterocycles. The van der Waals surface area contributed by atoms with Crippen LogP contribution in [0.5, 0.6) is 0 Å². The summed E-state index contributed by atoms with van der Waals surface area (Å²) in [6.45, 7) is 3.75. The second kappa shape index (κ2) is 5.27. The van der Waals surface area contributed by atoms with E-state index in [1.165, 1.54) is 6.07 Å². The Labute approximate surface area is 105 Å². The van der Waals surface area contributed by atoms with Crippen molar-refractivity contribution in [1.29, 1.82) is 0 Å². The van der Waals surface area contributed by atoms with Gasteiger partial charge in [-0.3, -0.25) is 0 Å². The fourth-order valence-electron chi connectivity index (χ4n) is 1.78. The molecule has 2 aromatic rings. The summed E-state index contributed by atoms with van der Waals surface area (Å²) in [6, 6.07) is 4.82. The Morgan fingerprint density at radius 3 is 2.83 bits per heavy atom. The van der Waals surface area contributed by atoms with Crippen LogP contribution in [-0.4, -0.2) is 17.2 Å². The predicted octanol–water partition coefficient (Wildman–Crippen LogP) is 2.85. The lowest BCUT2D eigenvalue weighted by Gasteiger charge is -2.06. The number of rotatable bonds is 4. The van der Waals surface area contributed by atoms with Gasteiger partial charge in [-0.2, -0.15) is 4.98 Å². The third-order valence-electron chi connectivity index (χ3n) is 2.91. The average molecular weight is 249 g/mol. The molecule has 0 aliphatic carbocycles. The first-order chi connectivity index (χ1) is 8.65. The lowest BCUT2D eigenvalue weighted by molar-refractivity contribution is 0.334. The van der Waals surface area contributed by atoms with E-state index in [1.54, 1.807) is 19.1 Å². The zero-order valence-electron chi connectivity index (χ0n) is 10.7. The van der Waals surface area contributed by atoms with Gasteiger partial charge in [0.05, 0.1) is 6.04 Å². The summed E-state index contributed by atoms with van der Waals surface area (Å²) in [4.78, 5) is 4.33. The Kier molecular flexibility index (Phi) is 3.72. The fraction of sp³-hybridized carbons (Fsp3) is 0.385. The van der Waals surface area contributed by atoms with Crippen molar-refractivity contribution in [3.63, 3.8) is 0 Å². The fourth-order valence-corrected chi connectivity index (χ4v) is 1.78. The van der Waals surface area contributed by atoms with Crippen LogP contribution >= 0.6 is 0 Å². The number of nitrogens with one attached hydrogen (secondary N) is 1. The summed E-state index contributed by atoms with van der Waals surface area (Å²) in [5, 5.41) is 7.02. The zero-order chi connectivity index (χ0) is 13.1. The van der Waals surface area contributed by atoms with Crippen molar-refractivity contribution >= 4 is 0 Å². The van der Waals surface area contributed by atoms with Gasteiger partial charge in [0.15, 0.2) is 0 Å². The second-order valence-corrected chi connectivity index (χ2v) is 4.17. The molecule has 1 unspecified atom stereocenters. The minimum absolute atomic E-state index is 0.0489. The van der Waals surface area contributed by atoms with Gasteiger partial charge < -0.3 is 9.84 Å². The van der Waals surface area contributed by atoms with E-state index >= 15 is 0 Å². The normalized spacial score (nSPS) is 12.7. The Morgan fingerprint density at radius 2 is 2.22 bits per heavy atom. The molecule has 0 amide bonds. The van der Waals surface area contributed by atoms with Crippen LogP contribution in [0.1, 0.15) is 30.8 Å². The van der Waals surface area contributed by atoms with E-state index in [1.807, 2.05) is 14.0 Å². The molecule has 1 aromatic carbocycles. The SMILES string of the molecule is CCC(NC)c1nc(-c2ccc(F)c(C)c2)no1. The van der Waals surface area contributed by atoms with Crippen molar-refractivity contribution < 1.29 is 8.91 Å². The number of benzene rings is 1. The van der Waals surface area contributed by atoms with Gasteiger partial charge in [-0.25, -0.2) is 4.39 Å².